The highest BCUT2D eigenvalue weighted by atomic mass is 32.2. The van der Waals surface area contributed by atoms with E-state index < -0.39 is 28.2 Å². The van der Waals surface area contributed by atoms with Crippen LogP contribution >= 0.6 is 0 Å². The van der Waals surface area contributed by atoms with Crippen molar-refractivity contribution in [3.8, 4) is 17.2 Å². The summed E-state index contributed by atoms with van der Waals surface area (Å²) in [6, 6.07) is 9.99. The highest BCUT2D eigenvalue weighted by Crippen LogP contribution is 2.27. The van der Waals surface area contributed by atoms with Crippen LogP contribution in [0.25, 0.3) is 11.5 Å². The molecule has 29 heavy (non-hydrogen) atoms. The van der Waals surface area contributed by atoms with Gasteiger partial charge in [-0.05, 0) is 36.4 Å². The average molecular weight is 427 g/mol. The molecular weight excluding hydrogens is 411 g/mol. The fourth-order valence-electron chi connectivity index (χ4n) is 2.55. The lowest BCUT2D eigenvalue weighted by Gasteiger charge is -2.23. The summed E-state index contributed by atoms with van der Waals surface area (Å²) in [5.41, 5.74) is 0.500. The third kappa shape index (κ3) is 4.67. The van der Waals surface area contributed by atoms with Crippen molar-refractivity contribution in [1.29, 1.82) is 0 Å². The summed E-state index contributed by atoms with van der Waals surface area (Å²) in [5.74, 6) is -1.34. The van der Waals surface area contributed by atoms with E-state index >= 15 is 0 Å². The Balaban J connectivity index is 1.89. The molecule has 3 aromatic rings. The van der Waals surface area contributed by atoms with Crippen LogP contribution in [0.1, 0.15) is 17.9 Å². The van der Waals surface area contributed by atoms with Crippen LogP contribution < -0.4 is 9.04 Å². The van der Waals surface area contributed by atoms with Crippen molar-refractivity contribution in [1.82, 2.24) is 10.2 Å². The predicted octanol–water partition coefficient (Wildman–Crippen LogP) is 3.79. The summed E-state index contributed by atoms with van der Waals surface area (Å²) in [4.78, 5) is 0. The summed E-state index contributed by atoms with van der Waals surface area (Å²) in [7, 11) is -2.24. The zero-order chi connectivity index (χ0) is 21.2. The summed E-state index contributed by atoms with van der Waals surface area (Å²) < 4.78 is 75.1. The maximum absolute atomic E-state index is 14.6. The molecule has 1 aromatic heterocycles. The van der Waals surface area contributed by atoms with Crippen molar-refractivity contribution in [3.05, 3.63) is 59.7 Å². The van der Waals surface area contributed by atoms with E-state index in [1.54, 1.807) is 12.1 Å². The Morgan fingerprint density at radius 3 is 2.34 bits per heavy atom. The molecule has 0 N–H and O–H groups in total. The number of hydrogen-bond donors (Lipinski definition) is 0. The molecule has 3 rings (SSSR count). The van der Waals surface area contributed by atoms with Crippen molar-refractivity contribution in [2.75, 3.05) is 17.7 Å². The standard InChI is InChI=1S/C18H16F3N3O4S/c1-27-14-7-5-13(6-8-14)24(29(2,25)26)10-12-4-3-11(9-15(12)19)17-22-23-18(28-17)16(20)21/h3-9,16H,10H2,1-2H3. The molecule has 0 fully saturated rings. The number of aromatic nitrogens is 2. The Kier molecular flexibility index (Phi) is 5.78. The van der Waals surface area contributed by atoms with Crippen molar-refractivity contribution >= 4 is 15.7 Å². The smallest absolute Gasteiger partial charge is 0.314 e. The summed E-state index contributed by atoms with van der Waals surface area (Å²) >= 11 is 0. The van der Waals surface area contributed by atoms with E-state index in [-0.39, 0.29) is 23.6 Å². The second kappa shape index (κ2) is 8.11. The normalized spacial score (nSPS) is 11.7. The molecule has 0 spiro atoms. The molecule has 0 atom stereocenters. The van der Waals surface area contributed by atoms with Crippen molar-refractivity contribution < 1.29 is 30.7 Å². The number of sulfonamides is 1. The van der Waals surface area contributed by atoms with Gasteiger partial charge in [-0.3, -0.25) is 4.31 Å². The van der Waals surface area contributed by atoms with Crippen LogP contribution in [0, 0.1) is 5.82 Å². The van der Waals surface area contributed by atoms with Gasteiger partial charge in [-0.25, -0.2) is 12.8 Å². The number of rotatable bonds is 7. The SMILES string of the molecule is COc1ccc(N(Cc2ccc(-c3nnc(C(F)F)o3)cc2F)S(C)(=O)=O)cc1. The van der Waals surface area contributed by atoms with E-state index in [2.05, 4.69) is 10.2 Å². The molecule has 0 aliphatic rings. The van der Waals surface area contributed by atoms with Crippen LogP contribution in [0.5, 0.6) is 5.75 Å². The number of benzene rings is 2. The van der Waals surface area contributed by atoms with Crippen molar-refractivity contribution in [3.63, 3.8) is 0 Å². The Hall–Kier alpha value is -3.08. The lowest BCUT2D eigenvalue weighted by molar-refractivity contribution is 0.116. The van der Waals surface area contributed by atoms with Crippen LogP contribution in [0.3, 0.4) is 0 Å². The third-order valence-corrected chi connectivity index (χ3v) is 5.14. The fraction of sp³-hybridized carbons (Fsp3) is 0.222. The summed E-state index contributed by atoms with van der Waals surface area (Å²) in [6.07, 6.45) is -1.93. The van der Waals surface area contributed by atoms with Gasteiger partial charge in [-0.2, -0.15) is 8.78 Å². The highest BCUT2D eigenvalue weighted by molar-refractivity contribution is 7.92. The van der Waals surface area contributed by atoms with Crippen LogP contribution in [-0.2, 0) is 16.6 Å². The van der Waals surface area contributed by atoms with Crippen molar-refractivity contribution in [2.24, 2.45) is 0 Å². The summed E-state index contributed by atoms with van der Waals surface area (Å²) in [6.45, 7) is -0.274. The minimum Gasteiger partial charge on any atom is -0.497 e. The molecule has 1 heterocycles. The highest BCUT2D eigenvalue weighted by Gasteiger charge is 2.21. The molecule has 0 unspecified atom stereocenters. The Labute approximate surface area is 164 Å². The van der Waals surface area contributed by atoms with Gasteiger partial charge in [0.15, 0.2) is 0 Å². The zero-order valence-corrected chi connectivity index (χ0v) is 16.2. The molecule has 0 aliphatic carbocycles. The second-order valence-electron chi connectivity index (χ2n) is 6.02. The van der Waals surface area contributed by atoms with E-state index in [1.165, 1.54) is 31.4 Å². The molecule has 0 aliphatic heterocycles. The average Bonchev–Trinajstić information content (AvgIpc) is 3.17. The van der Waals surface area contributed by atoms with Crippen LogP contribution in [0.4, 0.5) is 18.9 Å². The maximum atomic E-state index is 14.6. The van der Waals surface area contributed by atoms with Gasteiger partial charge in [0.05, 0.1) is 25.6 Å². The second-order valence-corrected chi connectivity index (χ2v) is 7.93. The third-order valence-electron chi connectivity index (χ3n) is 4.00. The summed E-state index contributed by atoms with van der Waals surface area (Å²) in [5, 5.41) is 6.65. The quantitative estimate of drug-likeness (QED) is 0.570. The van der Waals surface area contributed by atoms with E-state index in [4.69, 9.17) is 9.15 Å². The van der Waals surface area contributed by atoms with E-state index in [0.717, 1.165) is 16.6 Å². The number of halogens is 3. The minimum atomic E-state index is -3.72. The van der Waals surface area contributed by atoms with Gasteiger partial charge in [-0.1, -0.05) is 6.07 Å². The van der Waals surface area contributed by atoms with Gasteiger partial charge in [0.1, 0.15) is 11.6 Å². The van der Waals surface area contributed by atoms with Gasteiger partial charge in [-0.15, -0.1) is 10.2 Å². The fourth-order valence-corrected chi connectivity index (χ4v) is 3.43. The molecule has 0 amide bonds. The largest absolute Gasteiger partial charge is 0.497 e. The van der Waals surface area contributed by atoms with Gasteiger partial charge in [0, 0.05) is 11.1 Å². The maximum Gasteiger partial charge on any atom is 0.314 e. The van der Waals surface area contributed by atoms with E-state index in [9.17, 15) is 21.6 Å². The molecule has 0 radical (unpaired) electrons. The molecule has 0 saturated carbocycles. The monoisotopic (exact) mass is 427 g/mol. The lowest BCUT2D eigenvalue weighted by Crippen LogP contribution is -2.29. The first-order valence-corrected chi connectivity index (χ1v) is 10.1. The van der Waals surface area contributed by atoms with Crippen LogP contribution in [0.15, 0.2) is 46.9 Å². The lowest BCUT2D eigenvalue weighted by atomic mass is 10.1. The van der Waals surface area contributed by atoms with Gasteiger partial charge in [0.2, 0.25) is 15.9 Å². The van der Waals surface area contributed by atoms with Crippen LogP contribution in [-0.4, -0.2) is 32.0 Å². The molecule has 7 nitrogen and oxygen atoms in total. The Morgan fingerprint density at radius 2 is 1.83 bits per heavy atom. The van der Waals surface area contributed by atoms with E-state index in [1.807, 2.05) is 0 Å². The Bertz CT molecular complexity index is 1100. The molecule has 154 valence electrons. The van der Waals surface area contributed by atoms with E-state index in [0.29, 0.717) is 11.4 Å². The molecule has 0 saturated heterocycles. The van der Waals surface area contributed by atoms with Gasteiger partial charge >= 0.3 is 6.43 Å². The first-order chi connectivity index (χ1) is 13.7. The first-order valence-electron chi connectivity index (χ1n) is 8.21. The first kappa shape index (κ1) is 20.6. The predicted molar refractivity (Wildman–Crippen MR) is 98.7 cm³/mol. The number of nitrogens with zero attached hydrogens (tertiary/aromatic N) is 3. The van der Waals surface area contributed by atoms with Crippen LogP contribution in [0.2, 0.25) is 0 Å². The topological polar surface area (TPSA) is 85.5 Å². The number of methoxy groups -OCH3 is 1. The minimum absolute atomic E-state index is 0.0728. The number of hydrogen-bond acceptors (Lipinski definition) is 6. The molecule has 11 heteroatoms. The molecule has 0 bridgehead atoms. The number of anilines is 1. The van der Waals surface area contributed by atoms with Crippen molar-refractivity contribution in [2.45, 2.75) is 13.0 Å². The molecular formula is C18H16F3N3O4S. The van der Waals surface area contributed by atoms with Gasteiger partial charge in [0.25, 0.3) is 5.89 Å². The number of ether oxygens (including phenoxy) is 1. The van der Waals surface area contributed by atoms with Gasteiger partial charge < -0.3 is 9.15 Å². The molecule has 2 aromatic carbocycles. The number of alkyl halides is 2. The Morgan fingerprint density at radius 1 is 1.14 bits per heavy atom. The zero-order valence-electron chi connectivity index (χ0n) is 15.3.